The number of carbonyl (C=O) groups excluding carboxylic acids is 4. The van der Waals surface area contributed by atoms with Crippen molar-refractivity contribution in [1.29, 1.82) is 0 Å². The highest BCUT2D eigenvalue weighted by atomic mass is 35.5. The van der Waals surface area contributed by atoms with Crippen molar-refractivity contribution in [3.05, 3.63) is 82.4 Å². The summed E-state index contributed by atoms with van der Waals surface area (Å²) in [6.45, 7) is 3.68. The molecule has 33 heavy (non-hydrogen) atoms. The smallest absolute Gasteiger partial charge is 0.275 e. The van der Waals surface area contributed by atoms with Crippen LogP contribution in [0, 0.1) is 11.8 Å². The number of Topliss-reactive ketones (excluding diaryl/α,β-unsaturated/α-hetero) is 1. The van der Waals surface area contributed by atoms with Gasteiger partial charge in [-0.1, -0.05) is 72.6 Å². The first kappa shape index (κ1) is 22.9. The predicted octanol–water partition coefficient (Wildman–Crippen LogP) is 4.70. The first-order chi connectivity index (χ1) is 15.8. The van der Waals surface area contributed by atoms with E-state index in [-0.39, 0.29) is 22.8 Å². The molecule has 0 spiro atoms. The van der Waals surface area contributed by atoms with Gasteiger partial charge in [-0.05, 0) is 38.3 Å². The van der Waals surface area contributed by atoms with Gasteiger partial charge in [-0.25, -0.2) is 5.01 Å². The summed E-state index contributed by atoms with van der Waals surface area (Å²) in [5.41, 5.74) is 1.56. The van der Waals surface area contributed by atoms with E-state index >= 15 is 0 Å². The lowest BCUT2D eigenvalue weighted by atomic mass is 9.82. The second-order valence-electron chi connectivity index (χ2n) is 8.48. The van der Waals surface area contributed by atoms with Crippen LogP contribution in [0.5, 0.6) is 0 Å². The Balaban J connectivity index is 1.80. The fourth-order valence-electron chi connectivity index (χ4n) is 4.63. The Kier molecular flexibility index (Phi) is 6.47. The van der Waals surface area contributed by atoms with Crippen LogP contribution >= 0.6 is 11.6 Å². The minimum Gasteiger partial charge on any atom is -0.292 e. The van der Waals surface area contributed by atoms with E-state index in [4.69, 9.17) is 11.6 Å². The first-order valence-electron chi connectivity index (χ1n) is 11.1. The SMILES string of the molecule is CC[C@H](C(=O)c1ccccc1)N(C(=O)c1ccccc1Cl)N1C(=O)[C@@H]2CC=C(C)C[C@H]2C1=O. The number of hydrogen-bond acceptors (Lipinski definition) is 4. The molecule has 0 aromatic heterocycles. The predicted molar refractivity (Wildman–Crippen MR) is 124 cm³/mol. The Morgan fingerprint density at radius 1 is 1.03 bits per heavy atom. The van der Waals surface area contributed by atoms with E-state index in [0.29, 0.717) is 18.4 Å². The number of benzene rings is 2. The van der Waals surface area contributed by atoms with E-state index in [1.807, 2.05) is 13.0 Å². The monoisotopic (exact) mass is 464 g/mol. The summed E-state index contributed by atoms with van der Waals surface area (Å²) in [6, 6.07) is 14.0. The van der Waals surface area contributed by atoms with E-state index in [1.165, 1.54) is 6.07 Å². The Bertz CT molecular complexity index is 1140. The van der Waals surface area contributed by atoms with Crippen LogP contribution in [0.4, 0.5) is 0 Å². The fraction of sp³-hybridized carbons (Fsp3) is 0.308. The van der Waals surface area contributed by atoms with Crippen LogP contribution in [0.2, 0.25) is 5.02 Å². The van der Waals surface area contributed by atoms with Crippen LogP contribution in [-0.2, 0) is 9.59 Å². The highest BCUT2D eigenvalue weighted by molar-refractivity contribution is 6.34. The number of fused-ring (bicyclic) bond motifs is 1. The molecular weight excluding hydrogens is 440 g/mol. The molecular formula is C26H25ClN2O4. The third-order valence-corrected chi connectivity index (χ3v) is 6.70. The number of nitrogens with zero attached hydrogens (tertiary/aromatic N) is 2. The maximum atomic E-state index is 13.8. The van der Waals surface area contributed by atoms with Crippen molar-refractivity contribution in [1.82, 2.24) is 10.0 Å². The van der Waals surface area contributed by atoms with Crippen LogP contribution < -0.4 is 0 Å². The number of hydrazine groups is 1. The maximum absolute atomic E-state index is 13.8. The molecule has 1 fully saturated rings. The lowest BCUT2D eigenvalue weighted by Gasteiger charge is -2.36. The van der Waals surface area contributed by atoms with Crippen LogP contribution in [0.25, 0.3) is 0 Å². The molecule has 3 atom stereocenters. The second-order valence-corrected chi connectivity index (χ2v) is 8.88. The molecule has 0 N–H and O–H groups in total. The van der Waals surface area contributed by atoms with Crippen LogP contribution in [0.15, 0.2) is 66.2 Å². The van der Waals surface area contributed by atoms with Gasteiger partial charge in [0, 0.05) is 5.56 Å². The highest BCUT2D eigenvalue weighted by Crippen LogP contribution is 2.39. The highest BCUT2D eigenvalue weighted by Gasteiger charge is 2.53. The van der Waals surface area contributed by atoms with Crippen LogP contribution in [0.1, 0.15) is 53.8 Å². The first-order valence-corrected chi connectivity index (χ1v) is 11.4. The Hall–Kier alpha value is -3.25. The van der Waals surface area contributed by atoms with E-state index in [9.17, 15) is 19.2 Å². The van der Waals surface area contributed by atoms with E-state index in [0.717, 1.165) is 15.6 Å². The molecule has 0 bridgehead atoms. The summed E-state index contributed by atoms with van der Waals surface area (Å²) < 4.78 is 0. The van der Waals surface area contributed by atoms with Gasteiger partial charge in [-0.2, -0.15) is 5.01 Å². The Morgan fingerprint density at radius 3 is 2.33 bits per heavy atom. The number of amides is 3. The van der Waals surface area contributed by atoms with Gasteiger partial charge < -0.3 is 0 Å². The molecule has 2 aromatic carbocycles. The number of allylic oxidation sites excluding steroid dienone is 2. The van der Waals surface area contributed by atoms with Gasteiger partial charge in [0.25, 0.3) is 17.7 Å². The van der Waals surface area contributed by atoms with Crippen molar-refractivity contribution >= 4 is 35.1 Å². The summed E-state index contributed by atoms with van der Waals surface area (Å²) in [5.74, 6) is -2.96. The lowest BCUT2D eigenvalue weighted by molar-refractivity contribution is -0.156. The van der Waals surface area contributed by atoms with Gasteiger partial charge in [0.05, 0.1) is 22.4 Å². The molecule has 1 saturated heterocycles. The molecule has 3 amide bonds. The molecule has 2 aromatic rings. The van der Waals surface area contributed by atoms with E-state index in [1.54, 1.807) is 55.5 Å². The van der Waals surface area contributed by atoms with Crippen LogP contribution in [-0.4, -0.2) is 39.6 Å². The van der Waals surface area contributed by atoms with Crippen molar-refractivity contribution in [2.75, 3.05) is 0 Å². The summed E-state index contributed by atoms with van der Waals surface area (Å²) in [5, 5.41) is 2.15. The van der Waals surface area contributed by atoms with Crippen molar-refractivity contribution < 1.29 is 19.2 Å². The standard InChI is InChI=1S/C26H25ClN2O4/c1-3-22(23(30)17-9-5-4-6-10-17)28(25(32)19-11-7-8-12-21(19)27)29-24(31)18-14-13-16(2)15-20(18)26(29)33/h4-13,18,20,22H,3,14-15H2,1-2H3/t18-,20-,22-/m1/s1. The largest absolute Gasteiger partial charge is 0.292 e. The summed E-state index contributed by atoms with van der Waals surface area (Å²) >= 11 is 6.30. The quantitative estimate of drug-likeness (QED) is 0.353. The van der Waals surface area contributed by atoms with Gasteiger partial charge in [0.2, 0.25) is 0 Å². The van der Waals surface area contributed by atoms with Gasteiger partial charge in [0.15, 0.2) is 5.78 Å². The minimum atomic E-state index is -1.04. The van der Waals surface area contributed by atoms with E-state index < -0.39 is 35.6 Å². The molecule has 7 heteroatoms. The molecule has 170 valence electrons. The molecule has 1 aliphatic carbocycles. The molecule has 4 rings (SSSR count). The summed E-state index contributed by atoms with van der Waals surface area (Å²) in [7, 11) is 0. The average molecular weight is 465 g/mol. The van der Waals surface area contributed by atoms with Crippen molar-refractivity contribution in [2.24, 2.45) is 11.8 Å². The summed E-state index contributed by atoms with van der Waals surface area (Å²) in [6.07, 6.45) is 3.08. The lowest BCUT2D eigenvalue weighted by Crippen LogP contribution is -2.57. The number of imide groups is 1. The van der Waals surface area contributed by atoms with Gasteiger partial charge in [-0.3, -0.25) is 19.2 Å². The Morgan fingerprint density at radius 2 is 1.67 bits per heavy atom. The third kappa shape index (κ3) is 4.11. The number of carbonyl (C=O) groups is 4. The normalized spacial score (nSPS) is 20.8. The zero-order valence-electron chi connectivity index (χ0n) is 18.5. The molecule has 1 aliphatic heterocycles. The van der Waals surface area contributed by atoms with Crippen molar-refractivity contribution in [3.8, 4) is 0 Å². The number of halogens is 1. The van der Waals surface area contributed by atoms with E-state index in [2.05, 4.69) is 0 Å². The van der Waals surface area contributed by atoms with Gasteiger partial charge in [-0.15, -0.1) is 0 Å². The molecule has 0 radical (unpaired) electrons. The fourth-order valence-corrected chi connectivity index (χ4v) is 4.84. The number of hydrogen-bond donors (Lipinski definition) is 0. The third-order valence-electron chi connectivity index (χ3n) is 6.37. The zero-order chi connectivity index (χ0) is 23.7. The van der Waals surface area contributed by atoms with Crippen molar-refractivity contribution in [3.63, 3.8) is 0 Å². The molecule has 6 nitrogen and oxygen atoms in total. The summed E-state index contributed by atoms with van der Waals surface area (Å²) in [4.78, 5) is 54.2. The second kappa shape index (κ2) is 9.32. The zero-order valence-corrected chi connectivity index (χ0v) is 19.3. The number of rotatable bonds is 6. The molecule has 1 heterocycles. The molecule has 2 aliphatic rings. The Labute approximate surface area is 197 Å². The van der Waals surface area contributed by atoms with Gasteiger partial charge in [0.1, 0.15) is 6.04 Å². The maximum Gasteiger partial charge on any atom is 0.275 e. The topological polar surface area (TPSA) is 74.8 Å². The minimum absolute atomic E-state index is 0.128. The van der Waals surface area contributed by atoms with Crippen molar-refractivity contribution in [2.45, 2.75) is 39.2 Å². The molecule has 0 saturated carbocycles. The van der Waals surface area contributed by atoms with Gasteiger partial charge >= 0.3 is 0 Å². The van der Waals surface area contributed by atoms with Crippen LogP contribution in [0.3, 0.4) is 0 Å². The molecule has 0 unspecified atom stereocenters. The average Bonchev–Trinajstić information content (AvgIpc) is 3.06. The number of ketones is 1.